The summed E-state index contributed by atoms with van der Waals surface area (Å²) in [6.45, 7) is 6.38. The van der Waals surface area contributed by atoms with Crippen LogP contribution in [0.15, 0.2) is 24.3 Å². The Balaban J connectivity index is 2.49. The molecule has 94 valence electrons. The Bertz CT molecular complexity index is 363. The van der Waals surface area contributed by atoms with Gasteiger partial charge in [0.2, 0.25) is 0 Å². The molecule has 0 saturated heterocycles. The fourth-order valence-corrected chi connectivity index (χ4v) is 1.79. The largest absolute Gasteiger partial charge is 0.395 e. The Morgan fingerprint density at radius 2 is 2.12 bits per heavy atom. The highest BCUT2D eigenvalue weighted by molar-refractivity contribution is 5.96. The van der Waals surface area contributed by atoms with Gasteiger partial charge >= 0.3 is 0 Å². The zero-order chi connectivity index (χ0) is 12.7. The molecule has 0 atom stereocenters. The smallest absolute Gasteiger partial charge is 0.164 e. The van der Waals surface area contributed by atoms with E-state index in [4.69, 9.17) is 5.11 Å². The van der Waals surface area contributed by atoms with Crippen molar-refractivity contribution in [1.29, 1.82) is 0 Å². The third kappa shape index (κ3) is 4.67. The van der Waals surface area contributed by atoms with E-state index in [-0.39, 0.29) is 12.4 Å². The molecule has 0 radical (unpaired) electrons. The van der Waals surface area contributed by atoms with E-state index in [1.807, 2.05) is 38.1 Å². The highest BCUT2D eigenvalue weighted by Gasteiger charge is 2.08. The Kier molecular flexibility index (Phi) is 5.87. The second-order valence-corrected chi connectivity index (χ2v) is 4.20. The van der Waals surface area contributed by atoms with Gasteiger partial charge in [0.1, 0.15) is 0 Å². The lowest BCUT2D eigenvalue weighted by Crippen LogP contribution is -2.29. The van der Waals surface area contributed by atoms with E-state index in [0.717, 1.165) is 17.7 Å². The van der Waals surface area contributed by atoms with Crippen molar-refractivity contribution < 1.29 is 9.90 Å². The van der Waals surface area contributed by atoms with Gasteiger partial charge in [-0.25, -0.2) is 0 Å². The van der Waals surface area contributed by atoms with Gasteiger partial charge in [0.05, 0.1) is 6.61 Å². The number of hydrogen-bond acceptors (Lipinski definition) is 3. The van der Waals surface area contributed by atoms with Crippen LogP contribution in [0.25, 0.3) is 0 Å². The van der Waals surface area contributed by atoms with Crippen molar-refractivity contribution in [3.8, 4) is 0 Å². The SMILES string of the molecule is CCN(CCO)CCC(=O)c1cccc(C)c1. The second-order valence-electron chi connectivity index (χ2n) is 4.20. The average molecular weight is 235 g/mol. The van der Waals surface area contributed by atoms with Crippen LogP contribution in [-0.4, -0.2) is 42.0 Å². The van der Waals surface area contributed by atoms with Crippen LogP contribution >= 0.6 is 0 Å². The molecule has 0 amide bonds. The number of carbonyl (C=O) groups is 1. The Morgan fingerprint density at radius 3 is 2.71 bits per heavy atom. The van der Waals surface area contributed by atoms with Crippen molar-refractivity contribution >= 4 is 5.78 Å². The average Bonchev–Trinajstić information content (AvgIpc) is 2.34. The molecule has 0 heterocycles. The predicted octanol–water partition coefficient (Wildman–Crippen LogP) is 1.88. The molecule has 0 bridgehead atoms. The van der Waals surface area contributed by atoms with Crippen LogP contribution in [-0.2, 0) is 0 Å². The molecule has 17 heavy (non-hydrogen) atoms. The lowest BCUT2D eigenvalue weighted by atomic mass is 10.1. The minimum absolute atomic E-state index is 0.145. The van der Waals surface area contributed by atoms with E-state index in [9.17, 15) is 4.79 Å². The van der Waals surface area contributed by atoms with Gasteiger partial charge < -0.3 is 10.0 Å². The molecule has 0 unspecified atom stereocenters. The second kappa shape index (κ2) is 7.20. The summed E-state index contributed by atoms with van der Waals surface area (Å²) in [4.78, 5) is 14.0. The van der Waals surface area contributed by atoms with E-state index in [2.05, 4.69) is 4.90 Å². The fourth-order valence-electron chi connectivity index (χ4n) is 1.79. The zero-order valence-electron chi connectivity index (χ0n) is 10.6. The molecule has 1 N–H and O–H groups in total. The molecule has 3 heteroatoms. The molecule has 0 saturated carbocycles. The van der Waals surface area contributed by atoms with Gasteiger partial charge in [0.15, 0.2) is 5.78 Å². The van der Waals surface area contributed by atoms with Crippen molar-refractivity contribution in [3.63, 3.8) is 0 Å². The zero-order valence-corrected chi connectivity index (χ0v) is 10.6. The van der Waals surface area contributed by atoms with Crippen molar-refractivity contribution in [3.05, 3.63) is 35.4 Å². The predicted molar refractivity (Wildman–Crippen MR) is 69.3 cm³/mol. The van der Waals surface area contributed by atoms with Gasteiger partial charge in [0.25, 0.3) is 0 Å². The van der Waals surface area contributed by atoms with Gasteiger partial charge in [-0.15, -0.1) is 0 Å². The molecular weight excluding hydrogens is 214 g/mol. The molecule has 0 spiro atoms. The summed E-state index contributed by atoms with van der Waals surface area (Å²) in [6, 6.07) is 7.68. The van der Waals surface area contributed by atoms with Gasteiger partial charge in [-0.05, 0) is 19.5 Å². The number of hydrogen-bond donors (Lipinski definition) is 1. The third-order valence-corrected chi connectivity index (χ3v) is 2.86. The maximum Gasteiger partial charge on any atom is 0.164 e. The number of nitrogens with zero attached hydrogens (tertiary/aromatic N) is 1. The Hall–Kier alpha value is -1.19. The van der Waals surface area contributed by atoms with Crippen LogP contribution in [0.3, 0.4) is 0 Å². The van der Waals surface area contributed by atoms with Gasteiger partial charge in [-0.3, -0.25) is 4.79 Å². The van der Waals surface area contributed by atoms with Crippen LogP contribution in [0.4, 0.5) is 0 Å². The summed E-state index contributed by atoms with van der Waals surface area (Å²) in [5, 5.41) is 8.86. The van der Waals surface area contributed by atoms with E-state index >= 15 is 0 Å². The fraction of sp³-hybridized carbons (Fsp3) is 0.500. The highest BCUT2D eigenvalue weighted by atomic mass is 16.3. The number of aryl methyl sites for hydroxylation is 1. The Morgan fingerprint density at radius 1 is 1.35 bits per heavy atom. The summed E-state index contributed by atoms with van der Waals surface area (Å²) in [5.74, 6) is 0.171. The number of aliphatic hydroxyl groups is 1. The van der Waals surface area contributed by atoms with E-state index in [0.29, 0.717) is 19.5 Å². The standard InChI is InChI=1S/C14H21NO2/c1-3-15(9-10-16)8-7-14(17)13-6-4-5-12(2)11-13/h4-6,11,16H,3,7-10H2,1-2H3. The first-order valence-corrected chi connectivity index (χ1v) is 6.10. The molecule has 0 aromatic heterocycles. The summed E-state index contributed by atoms with van der Waals surface area (Å²) in [5.41, 5.74) is 1.89. The first kappa shape index (κ1) is 13.9. The number of likely N-dealkylation sites (N-methyl/N-ethyl adjacent to an activating group) is 1. The van der Waals surface area contributed by atoms with Crippen LogP contribution in [0.2, 0.25) is 0 Å². The molecule has 1 rings (SSSR count). The summed E-state index contributed by atoms with van der Waals surface area (Å²) < 4.78 is 0. The summed E-state index contributed by atoms with van der Waals surface area (Å²) >= 11 is 0. The van der Waals surface area contributed by atoms with Gasteiger partial charge in [-0.1, -0.05) is 30.7 Å². The number of carbonyl (C=O) groups excluding carboxylic acids is 1. The van der Waals surface area contributed by atoms with Crippen molar-refractivity contribution in [2.45, 2.75) is 20.3 Å². The lowest BCUT2D eigenvalue weighted by molar-refractivity contribution is 0.0959. The number of benzene rings is 1. The molecule has 3 nitrogen and oxygen atoms in total. The topological polar surface area (TPSA) is 40.5 Å². The molecule has 0 aliphatic rings. The van der Waals surface area contributed by atoms with E-state index in [1.165, 1.54) is 0 Å². The molecule has 0 aliphatic carbocycles. The Labute approximate surface area is 103 Å². The van der Waals surface area contributed by atoms with Crippen LogP contribution in [0, 0.1) is 6.92 Å². The van der Waals surface area contributed by atoms with Gasteiger partial charge in [0, 0.05) is 25.1 Å². The van der Waals surface area contributed by atoms with E-state index in [1.54, 1.807) is 0 Å². The maximum atomic E-state index is 11.9. The van der Waals surface area contributed by atoms with Crippen molar-refractivity contribution in [2.75, 3.05) is 26.2 Å². The van der Waals surface area contributed by atoms with Crippen molar-refractivity contribution in [2.24, 2.45) is 0 Å². The first-order chi connectivity index (χ1) is 8.17. The first-order valence-electron chi connectivity index (χ1n) is 6.10. The normalized spacial score (nSPS) is 10.8. The molecule has 0 aliphatic heterocycles. The molecule has 1 aromatic rings. The third-order valence-electron chi connectivity index (χ3n) is 2.86. The van der Waals surface area contributed by atoms with Gasteiger partial charge in [-0.2, -0.15) is 0 Å². The highest BCUT2D eigenvalue weighted by Crippen LogP contribution is 2.07. The number of Topliss-reactive ketones (excluding diaryl/α,β-unsaturated/α-hetero) is 1. The van der Waals surface area contributed by atoms with Crippen LogP contribution in [0.5, 0.6) is 0 Å². The van der Waals surface area contributed by atoms with Crippen LogP contribution in [0.1, 0.15) is 29.3 Å². The van der Waals surface area contributed by atoms with E-state index < -0.39 is 0 Å². The molecular formula is C14H21NO2. The number of aliphatic hydroxyl groups excluding tert-OH is 1. The number of rotatable bonds is 7. The van der Waals surface area contributed by atoms with Crippen molar-refractivity contribution in [1.82, 2.24) is 4.90 Å². The molecule has 0 fully saturated rings. The lowest BCUT2D eigenvalue weighted by Gasteiger charge is -2.18. The van der Waals surface area contributed by atoms with Crippen LogP contribution < -0.4 is 0 Å². The minimum atomic E-state index is 0.145. The summed E-state index contributed by atoms with van der Waals surface area (Å²) in [7, 11) is 0. The number of ketones is 1. The quantitative estimate of drug-likeness (QED) is 0.734. The summed E-state index contributed by atoms with van der Waals surface area (Å²) in [6.07, 6.45) is 0.511. The maximum absolute atomic E-state index is 11.9. The molecule has 1 aromatic carbocycles. The monoisotopic (exact) mass is 235 g/mol. The minimum Gasteiger partial charge on any atom is -0.395 e.